The number of piperazine rings is 1. The van der Waals surface area contributed by atoms with E-state index in [4.69, 9.17) is 0 Å². The molecule has 1 unspecified atom stereocenters. The summed E-state index contributed by atoms with van der Waals surface area (Å²) in [6.45, 7) is 7.00. The SMILES string of the molecule is Cc1ccc(C(CNC(=O)CCc2ccccc2)N2CCN(C)CC2)cc1. The minimum absolute atomic E-state index is 0.130. The van der Waals surface area contributed by atoms with Crippen LogP contribution in [-0.4, -0.2) is 55.5 Å². The molecule has 144 valence electrons. The molecule has 0 aliphatic carbocycles. The fourth-order valence-corrected chi connectivity index (χ4v) is 3.58. The number of benzene rings is 2. The van der Waals surface area contributed by atoms with Gasteiger partial charge in [-0.1, -0.05) is 60.2 Å². The van der Waals surface area contributed by atoms with Crippen LogP contribution in [0.2, 0.25) is 0 Å². The fraction of sp³-hybridized carbons (Fsp3) is 0.435. The molecule has 0 radical (unpaired) electrons. The summed E-state index contributed by atoms with van der Waals surface area (Å²) >= 11 is 0. The molecule has 4 heteroatoms. The van der Waals surface area contributed by atoms with Gasteiger partial charge in [0.15, 0.2) is 0 Å². The molecule has 1 fully saturated rings. The van der Waals surface area contributed by atoms with Crippen molar-refractivity contribution < 1.29 is 4.79 Å². The van der Waals surface area contributed by atoms with Crippen LogP contribution < -0.4 is 5.32 Å². The number of rotatable bonds is 7. The Kier molecular flexibility index (Phi) is 7.02. The topological polar surface area (TPSA) is 35.6 Å². The molecule has 2 aromatic carbocycles. The van der Waals surface area contributed by atoms with Crippen molar-refractivity contribution in [2.45, 2.75) is 25.8 Å². The predicted octanol–water partition coefficient (Wildman–Crippen LogP) is 3.03. The quantitative estimate of drug-likeness (QED) is 0.819. The third-order valence-electron chi connectivity index (χ3n) is 5.42. The largest absolute Gasteiger partial charge is 0.354 e. The Morgan fingerprint density at radius 2 is 1.67 bits per heavy atom. The van der Waals surface area contributed by atoms with Crippen molar-refractivity contribution in [3.63, 3.8) is 0 Å². The molecule has 1 aliphatic rings. The molecule has 0 aromatic heterocycles. The van der Waals surface area contributed by atoms with E-state index in [1.54, 1.807) is 0 Å². The Morgan fingerprint density at radius 3 is 2.33 bits per heavy atom. The van der Waals surface area contributed by atoms with E-state index < -0.39 is 0 Å². The summed E-state index contributed by atoms with van der Waals surface area (Å²) in [5, 5.41) is 3.18. The van der Waals surface area contributed by atoms with E-state index in [2.05, 4.69) is 65.5 Å². The lowest BCUT2D eigenvalue weighted by molar-refractivity contribution is -0.121. The van der Waals surface area contributed by atoms with E-state index >= 15 is 0 Å². The summed E-state index contributed by atoms with van der Waals surface area (Å²) in [5.74, 6) is 0.130. The molecule has 1 saturated heterocycles. The Bertz CT molecular complexity index is 706. The second-order valence-electron chi connectivity index (χ2n) is 7.56. The molecule has 0 bridgehead atoms. The van der Waals surface area contributed by atoms with Crippen molar-refractivity contribution in [3.8, 4) is 0 Å². The standard InChI is InChI=1S/C23H31N3O/c1-19-8-11-21(12-9-19)22(26-16-14-25(2)15-17-26)18-24-23(27)13-10-20-6-4-3-5-7-20/h3-9,11-12,22H,10,13-18H2,1-2H3,(H,24,27). The Labute approximate surface area is 163 Å². The van der Waals surface area contributed by atoms with E-state index in [9.17, 15) is 4.79 Å². The molecule has 1 N–H and O–H groups in total. The van der Waals surface area contributed by atoms with E-state index in [1.807, 2.05) is 18.2 Å². The zero-order valence-electron chi connectivity index (χ0n) is 16.5. The maximum Gasteiger partial charge on any atom is 0.220 e. The van der Waals surface area contributed by atoms with Gasteiger partial charge in [0.2, 0.25) is 5.91 Å². The molecule has 27 heavy (non-hydrogen) atoms. The van der Waals surface area contributed by atoms with E-state index in [1.165, 1.54) is 16.7 Å². The van der Waals surface area contributed by atoms with Crippen LogP contribution in [0.25, 0.3) is 0 Å². The fourth-order valence-electron chi connectivity index (χ4n) is 3.58. The maximum absolute atomic E-state index is 12.4. The van der Waals surface area contributed by atoms with E-state index in [-0.39, 0.29) is 11.9 Å². The highest BCUT2D eigenvalue weighted by molar-refractivity contribution is 5.76. The van der Waals surface area contributed by atoms with Gasteiger partial charge in [-0.15, -0.1) is 0 Å². The van der Waals surface area contributed by atoms with Crippen LogP contribution in [0, 0.1) is 6.92 Å². The molecule has 3 rings (SSSR count). The van der Waals surface area contributed by atoms with Crippen LogP contribution in [0.3, 0.4) is 0 Å². The molecule has 1 amide bonds. The van der Waals surface area contributed by atoms with Crippen LogP contribution in [0.15, 0.2) is 54.6 Å². The molecule has 1 heterocycles. The Morgan fingerprint density at radius 1 is 1.00 bits per heavy atom. The van der Waals surface area contributed by atoms with Gasteiger partial charge in [0.1, 0.15) is 0 Å². The van der Waals surface area contributed by atoms with Gasteiger partial charge in [0.05, 0.1) is 6.04 Å². The first-order chi connectivity index (χ1) is 13.1. The van der Waals surface area contributed by atoms with Crippen molar-refractivity contribution in [2.24, 2.45) is 0 Å². The van der Waals surface area contributed by atoms with Crippen molar-refractivity contribution >= 4 is 5.91 Å². The number of hydrogen-bond donors (Lipinski definition) is 1. The number of carbonyl (C=O) groups is 1. The van der Waals surface area contributed by atoms with Gasteiger partial charge in [-0.3, -0.25) is 9.69 Å². The first-order valence-electron chi connectivity index (χ1n) is 9.91. The van der Waals surface area contributed by atoms with Crippen LogP contribution in [-0.2, 0) is 11.2 Å². The Hall–Kier alpha value is -2.17. The molecule has 0 saturated carbocycles. The van der Waals surface area contributed by atoms with Gasteiger partial charge < -0.3 is 10.2 Å². The summed E-state index contributed by atoms with van der Waals surface area (Å²) in [4.78, 5) is 17.3. The van der Waals surface area contributed by atoms with Crippen molar-refractivity contribution in [1.29, 1.82) is 0 Å². The highest BCUT2D eigenvalue weighted by Crippen LogP contribution is 2.22. The second kappa shape index (κ2) is 9.67. The summed E-state index contributed by atoms with van der Waals surface area (Å²) in [6.07, 6.45) is 1.32. The normalized spacial score (nSPS) is 16.8. The zero-order chi connectivity index (χ0) is 19.1. The molecular weight excluding hydrogens is 334 g/mol. The van der Waals surface area contributed by atoms with Crippen LogP contribution in [0.4, 0.5) is 0 Å². The van der Waals surface area contributed by atoms with E-state index in [0.717, 1.165) is 32.6 Å². The maximum atomic E-state index is 12.4. The summed E-state index contributed by atoms with van der Waals surface area (Å²) < 4.78 is 0. The lowest BCUT2D eigenvalue weighted by atomic mass is 10.0. The first kappa shape index (κ1) is 19.6. The number of likely N-dealkylation sites (N-methyl/N-ethyl adjacent to an activating group) is 1. The first-order valence-corrected chi connectivity index (χ1v) is 9.91. The molecule has 0 spiro atoms. The number of aryl methyl sites for hydroxylation is 2. The van der Waals surface area contributed by atoms with Gasteiger partial charge in [0, 0.05) is 39.1 Å². The van der Waals surface area contributed by atoms with Crippen molar-refractivity contribution in [2.75, 3.05) is 39.8 Å². The second-order valence-corrected chi connectivity index (χ2v) is 7.56. The van der Waals surface area contributed by atoms with E-state index in [0.29, 0.717) is 13.0 Å². The monoisotopic (exact) mass is 365 g/mol. The van der Waals surface area contributed by atoms with Crippen LogP contribution in [0.5, 0.6) is 0 Å². The average molecular weight is 366 g/mol. The lowest BCUT2D eigenvalue weighted by Crippen LogP contribution is -2.48. The summed E-state index contributed by atoms with van der Waals surface area (Å²) in [5.41, 5.74) is 3.76. The van der Waals surface area contributed by atoms with Crippen LogP contribution >= 0.6 is 0 Å². The molecule has 1 aliphatic heterocycles. The van der Waals surface area contributed by atoms with Gasteiger partial charge in [-0.25, -0.2) is 0 Å². The minimum atomic E-state index is 0.130. The van der Waals surface area contributed by atoms with Gasteiger partial charge in [-0.2, -0.15) is 0 Å². The van der Waals surface area contributed by atoms with Crippen molar-refractivity contribution in [3.05, 3.63) is 71.3 Å². The molecule has 1 atom stereocenters. The minimum Gasteiger partial charge on any atom is -0.354 e. The zero-order valence-corrected chi connectivity index (χ0v) is 16.5. The highest BCUT2D eigenvalue weighted by atomic mass is 16.1. The van der Waals surface area contributed by atoms with Gasteiger partial charge >= 0.3 is 0 Å². The molecule has 4 nitrogen and oxygen atoms in total. The number of amides is 1. The molecular formula is C23H31N3O. The number of hydrogen-bond acceptors (Lipinski definition) is 3. The summed E-state index contributed by atoms with van der Waals surface area (Å²) in [7, 11) is 2.17. The van der Waals surface area contributed by atoms with Crippen LogP contribution in [0.1, 0.15) is 29.2 Å². The van der Waals surface area contributed by atoms with Crippen molar-refractivity contribution in [1.82, 2.24) is 15.1 Å². The van der Waals surface area contributed by atoms with Gasteiger partial charge in [-0.05, 0) is 31.5 Å². The third-order valence-corrected chi connectivity index (χ3v) is 5.42. The van der Waals surface area contributed by atoms with Gasteiger partial charge in [0.25, 0.3) is 0 Å². The predicted molar refractivity (Wildman–Crippen MR) is 111 cm³/mol. The smallest absolute Gasteiger partial charge is 0.220 e. The third kappa shape index (κ3) is 5.91. The average Bonchev–Trinajstić information content (AvgIpc) is 2.70. The summed E-state index contributed by atoms with van der Waals surface area (Å²) in [6, 6.07) is 19.2. The number of nitrogens with one attached hydrogen (secondary N) is 1. The molecule has 2 aromatic rings. The number of carbonyl (C=O) groups excluding carboxylic acids is 1. The Balaban J connectivity index is 1.59. The number of nitrogens with zero attached hydrogens (tertiary/aromatic N) is 2. The lowest BCUT2D eigenvalue weighted by Gasteiger charge is -2.38. The highest BCUT2D eigenvalue weighted by Gasteiger charge is 2.24.